The maximum atomic E-state index is 12.9. The topological polar surface area (TPSA) is 75.7 Å². The predicted octanol–water partition coefficient (Wildman–Crippen LogP) is 3.55. The number of halogens is 2. The van der Waals surface area contributed by atoms with Gasteiger partial charge in [-0.15, -0.1) is 0 Å². The molecule has 2 aromatic rings. The summed E-state index contributed by atoms with van der Waals surface area (Å²) in [5.41, 5.74) is 0.731. The molecule has 0 heterocycles. The van der Waals surface area contributed by atoms with E-state index in [1.165, 1.54) is 43.3 Å². The number of benzene rings is 2. The van der Waals surface area contributed by atoms with Gasteiger partial charge in [-0.25, -0.2) is 4.39 Å². The van der Waals surface area contributed by atoms with Gasteiger partial charge in [0.15, 0.2) is 5.78 Å². The molecular weight excluding hydrogens is 387 g/mol. The van der Waals surface area contributed by atoms with Gasteiger partial charge in [-0.3, -0.25) is 14.4 Å². The largest absolute Gasteiger partial charge is 0.495 e. The van der Waals surface area contributed by atoms with Crippen LogP contribution in [-0.4, -0.2) is 43.2 Å². The molecule has 0 bridgehead atoms. The molecule has 1 N–H and O–H groups in total. The summed E-state index contributed by atoms with van der Waals surface area (Å²) in [6.45, 7) is -0.195. The number of nitrogens with zero attached hydrogens (tertiary/aromatic N) is 1. The van der Waals surface area contributed by atoms with Gasteiger partial charge in [-0.05, 0) is 42.5 Å². The Kier molecular flexibility index (Phi) is 7.52. The van der Waals surface area contributed by atoms with Gasteiger partial charge in [0.2, 0.25) is 11.8 Å². The Labute approximate surface area is 167 Å². The Morgan fingerprint density at radius 3 is 2.43 bits per heavy atom. The third kappa shape index (κ3) is 6.06. The van der Waals surface area contributed by atoms with Gasteiger partial charge in [0.05, 0.1) is 19.3 Å². The summed E-state index contributed by atoms with van der Waals surface area (Å²) in [4.78, 5) is 37.7. The number of hydrogen-bond donors (Lipinski definition) is 1. The highest BCUT2D eigenvalue weighted by molar-refractivity contribution is 6.31. The lowest BCUT2D eigenvalue weighted by Gasteiger charge is -2.17. The zero-order valence-corrected chi connectivity index (χ0v) is 16.3. The van der Waals surface area contributed by atoms with Gasteiger partial charge in [-0.1, -0.05) is 11.6 Å². The number of carbonyl (C=O) groups excluding carboxylic acids is 3. The van der Waals surface area contributed by atoms with Gasteiger partial charge in [0, 0.05) is 30.5 Å². The molecule has 8 heteroatoms. The molecule has 0 unspecified atom stereocenters. The molecule has 0 aliphatic heterocycles. The summed E-state index contributed by atoms with van der Waals surface area (Å²) < 4.78 is 18.0. The van der Waals surface area contributed by atoms with Crippen molar-refractivity contribution in [2.45, 2.75) is 12.8 Å². The van der Waals surface area contributed by atoms with Crippen LogP contribution in [-0.2, 0) is 9.59 Å². The maximum absolute atomic E-state index is 12.9. The van der Waals surface area contributed by atoms with Crippen molar-refractivity contribution in [2.75, 3.05) is 26.0 Å². The number of Topliss-reactive ketones (excluding diaryl/α,β-unsaturated/α-hetero) is 1. The van der Waals surface area contributed by atoms with E-state index in [2.05, 4.69) is 5.32 Å². The SMILES string of the molecule is COc1ccc(Cl)cc1NC(=O)CN(C)C(=O)CCC(=O)c1ccc(F)cc1. The first kappa shape index (κ1) is 21.4. The minimum absolute atomic E-state index is 0.0292. The Morgan fingerprint density at radius 1 is 1.11 bits per heavy atom. The second-order valence-corrected chi connectivity index (χ2v) is 6.51. The Bertz CT molecular complexity index is 871. The molecule has 0 aliphatic rings. The molecule has 2 aromatic carbocycles. The number of rotatable bonds is 8. The Balaban J connectivity index is 1.86. The molecule has 0 saturated carbocycles. The van der Waals surface area contributed by atoms with E-state index in [0.717, 1.165) is 0 Å². The molecule has 148 valence electrons. The van der Waals surface area contributed by atoms with Crippen LogP contribution in [0.4, 0.5) is 10.1 Å². The fourth-order valence-electron chi connectivity index (χ4n) is 2.46. The zero-order chi connectivity index (χ0) is 20.7. The summed E-state index contributed by atoms with van der Waals surface area (Å²) in [5.74, 6) is -1.05. The van der Waals surface area contributed by atoms with Crippen LogP contribution in [0.3, 0.4) is 0 Å². The van der Waals surface area contributed by atoms with E-state index in [1.807, 2.05) is 0 Å². The molecule has 0 aliphatic carbocycles. The van der Waals surface area contributed by atoms with Crippen molar-refractivity contribution in [3.05, 3.63) is 58.9 Å². The lowest BCUT2D eigenvalue weighted by atomic mass is 10.1. The molecule has 2 rings (SSSR count). The van der Waals surface area contributed by atoms with Gasteiger partial charge in [0.25, 0.3) is 0 Å². The zero-order valence-electron chi connectivity index (χ0n) is 15.5. The van der Waals surface area contributed by atoms with Gasteiger partial charge in [-0.2, -0.15) is 0 Å². The van der Waals surface area contributed by atoms with E-state index >= 15 is 0 Å². The summed E-state index contributed by atoms with van der Waals surface area (Å²) in [6.07, 6.45) is -0.0843. The summed E-state index contributed by atoms with van der Waals surface area (Å²) >= 11 is 5.92. The Hall–Kier alpha value is -2.93. The molecule has 28 heavy (non-hydrogen) atoms. The number of ketones is 1. The standard InChI is InChI=1S/C20H20ClFN2O4/c1-24(12-19(26)23-16-11-14(21)5-9-18(16)28-2)20(27)10-8-17(25)13-3-6-15(22)7-4-13/h3-7,9,11H,8,10,12H2,1-2H3,(H,23,26). The lowest BCUT2D eigenvalue weighted by molar-refractivity contribution is -0.133. The molecule has 0 radical (unpaired) electrons. The molecule has 2 amide bonds. The fourth-order valence-corrected chi connectivity index (χ4v) is 2.63. The molecule has 0 atom stereocenters. The van der Waals surface area contributed by atoms with Crippen molar-refractivity contribution < 1.29 is 23.5 Å². The molecule has 0 spiro atoms. The minimum Gasteiger partial charge on any atom is -0.495 e. The Morgan fingerprint density at radius 2 is 1.79 bits per heavy atom. The smallest absolute Gasteiger partial charge is 0.244 e. The fraction of sp³-hybridized carbons (Fsp3) is 0.250. The van der Waals surface area contributed by atoms with E-state index in [4.69, 9.17) is 16.3 Å². The van der Waals surface area contributed by atoms with E-state index < -0.39 is 11.7 Å². The molecule has 0 aromatic heterocycles. The number of anilines is 1. The second kappa shape index (κ2) is 9.85. The van der Waals surface area contributed by atoms with Gasteiger partial charge >= 0.3 is 0 Å². The highest BCUT2D eigenvalue weighted by Gasteiger charge is 2.16. The number of likely N-dealkylation sites (N-methyl/N-ethyl adjacent to an activating group) is 1. The quantitative estimate of drug-likeness (QED) is 0.680. The van der Waals surface area contributed by atoms with Crippen LogP contribution >= 0.6 is 11.6 Å². The minimum atomic E-state index is -0.435. The first-order chi connectivity index (χ1) is 13.3. The highest BCUT2D eigenvalue weighted by Crippen LogP contribution is 2.27. The van der Waals surface area contributed by atoms with Crippen molar-refractivity contribution in [3.8, 4) is 5.75 Å². The van der Waals surface area contributed by atoms with Crippen LogP contribution in [0.1, 0.15) is 23.2 Å². The normalized spacial score (nSPS) is 10.3. The van der Waals surface area contributed by atoms with Crippen LogP contribution < -0.4 is 10.1 Å². The number of carbonyl (C=O) groups is 3. The van der Waals surface area contributed by atoms with E-state index in [1.54, 1.807) is 18.2 Å². The summed E-state index contributed by atoms with van der Waals surface area (Å²) in [7, 11) is 2.94. The number of amides is 2. The average Bonchev–Trinajstić information content (AvgIpc) is 2.66. The third-order valence-corrected chi connectivity index (χ3v) is 4.21. The number of methoxy groups -OCH3 is 1. The number of nitrogens with one attached hydrogen (secondary N) is 1. The number of ether oxygens (including phenoxy) is 1. The van der Waals surface area contributed by atoms with E-state index in [9.17, 15) is 18.8 Å². The highest BCUT2D eigenvalue weighted by atomic mass is 35.5. The molecule has 0 fully saturated rings. The average molecular weight is 407 g/mol. The maximum Gasteiger partial charge on any atom is 0.244 e. The predicted molar refractivity (Wildman–Crippen MR) is 104 cm³/mol. The summed E-state index contributed by atoms with van der Waals surface area (Å²) in [6, 6.07) is 9.92. The first-order valence-corrected chi connectivity index (χ1v) is 8.84. The van der Waals surface area contributed by atoms with Crippen LogP contribution in [0, 0.1) is 5.82 Å². The molecular formula is C20H20ClFN2O4. The van der Waals surface area contributed by atoms with Crippen molar-refractivity contribution in [1.29, 1.82) is 0 Å². The molecule has 6 nitrogen and oxygen atoms in total. The summed E-state index contributed by atoms with van der Waals surface area (Å²) in [5, 5.41) is 3.07. The van der Waals surface area contributed by atoms with Crippen LogP contribution in [0.2, 0.25) is 5.02 Å². The van der Waals surface area contributed by atoms with Gasteiger partial charge in [0.1, 0.15) is 11.6 Å². The first-order valence-electron chi connectivity index (χ1n) is 8.46. The third-order valence-electron chi connectivity index (χ3n) is 3.97. The van der Waals surface area contributed by atoms with Crippen LogP contribution in [0.15, 0.2) is 42.5 Å². The second-order valence-electron chi connectivity index (χ2n) is 6.07. The van der Waals surface area contributed by atoms with Crippen LogP contribution in [0.5, 0.6) is 5.75 Å². The van der Waals surface area contributed by atoms with Crippen molar-refractivity contribution in [1.82, 2.24) is 4.90 Å². The van der Waals surface area contributed by atoms with Crippen molar-refractivity contribution in [3.63, 3.8) is 0 Å². The van der Waals surface area contributed by atoms with Gasteiger partial charge < -0.3 is 15.0 Å². The van der Waals surface area contributed by atoms with Crippen molar-refractivity contribution >= 4 is 34.9 Å². The van der Waals surface area contributed by atoms with Crippen molar-refractivity contribution in [2.24, 2.45) is 0 Å². The van der Waals surface area contributed by atoms with E-state index in [-0.39, 0.29) is 31.1 Å². The lowest BCUT2D eigenvalue weighted by Crippen LogP contribution is -2.35. The molecule has 0 saturated heterocycles. The van der Waals surface area contributed by atoms with E-state index in [0.29, 0.717) is 22.0 Å². The monoisotopic (exact) mass is 406 g/mol. The number of hydrogen-bond acceptors (Lipinski definition) is 4. The van der Waals surface area contributed by atoms with Crippen LogP contribution in [0.25, 0.3) is 0 Å².